The zero-order chi connectivity index (χ0) is 24.1. The Hall–Kier alpha value is -2.00. The maximum absolute atomic E-state index is 13.3. The number of rotatable bonds is 9. The Morgan fingerprint density at radius 3 is 2.19 bits per heavy atom. The molecule has 0 aromatic heterocycles. The van der Waals surface area contributed by atoms with Crippen LogP contribution >= 0.6 is 34.8 Å². The smallest absolute Gasteiger partial charge is 0.244 e. The molecule has 2 amide bonds. The van der Waals surface area contributed by atoms with Gasteiger partial charge in [0.2, 0.25) is 21.8 Å². The van der Waals surface area contributed by atoms with Gasteiger partial charge in [-0.1, -0.05) is 40.9 Å². The van der Waals surface area contributed by atoms with E-state index in [1.807, 2.05) is 0 Å². The summed E-state index contributed by atoms with van der Waals surface area (Å²) in [4.78, 5) is 27.1. The summed E-state index contributed by atoms with van der Waals surface area (Å²) in [6, 6.07) is 10.1. The van der Waals surface area contributed by atoms with Crippen molar-refractivity contribution < 1.29 is 18.0 Å². The van der Waals surface area contributed by atoms with Crippen LogP contribution in [0.25, 0.3) is 0 Å². The second-order valence-corrected chi connectivity index (χ2v) is 10.2. The van der Waals surface area contributed by atoms with Crippen LogP contribution in [-0.4, -0.2) is 50.5 Å². The van der Waals surface area contributed by atoms with Gasteiger partial charge in [-0.15, -0.1) is 0 Å². The van der Waals surface area contributed by atoms with Gasteiger partial charge in [-0.2, -0.15) is 0 Å². The normalized spacial score (nSPS) is 12.2. The van der Waals surface area contributed by atoms with Crippen molar-refractivity contribution in [3.63, 3.8) is 0 Å². The van der Waals surface area contributed by atoms with Crippen molar-refractivity contribution in [1.29, 1.82) is 0 Å². The molecule has 0 fully saturated rings. The molecule has 32 heavy (non-hydrogen) atoms. The molecule has 7 nitrogen and oxygen atoms in total. The van der Waals surface area contributed by atoms with Gasteiger partial charge in [0.25, 0.3) is 0 Å². The molecule has 2 rings (SSSR count). The Morgan fingerprint density at radius 1 is 1.03 bits per heavy atom. The molecule has 0 saturated carbocycles. The molecule has 0 saturated heterocycles. The first-order valence-corrected chi connectivity index (χ1v) is 12.7. The summed E-state index contributed by atoms with van der Waals surface area (Å²) in [5.74, 6) is -0.923. The number of nitrogens with zero attached hydrogens (tertiary/aromatic N) is 2. The fraction of sp³-hybridized carbons (Fsp3) is 0.333. The zero-order valence-electron chi connectivity index (χ0n) is 17.8. The molecule has 2 aromatic rings. The van der Waals surface area contributed by atoms with Crippen LogP contribution in [0.5, 0.6) is 0 Å². The van der Waals surface area contributed by atoms with Gasteiger partial charge < -0.3 is 10.2 Å². The number of benzene rings is 2. The summed E-state index contributed by atoms with van der Waals surface area (Å²) in [5, 5.41) is 3.78. The predicted octanol–water partition coefficient (Wildman–Crippen LogP) is 3.97. The Labute approximate surface area is 203 Å². The van der Waals surface area contributed by atoms with Crippen molar-refractivity contribution in [3.05, 3.63) is 63.1 Å². The van der Waals surface area contributed by atoms with E-state index in [9.17, 15) is 18.0 Å². The molecule has 11 heteroatoms. The summed E-state index contributed by atoms with van der Waals surface area (Å²) in [5.41, 5.74) is 0.923. The van der Waals surface area contributed by atoms with Crippen molar-refractivity contribution in [2.24, 2.45) is 0 Å². The molecule has 0 aliphatic rings. The van der Waals surface area contributed by atoms with Crippen LogP contribution in [-0.2, 0) is 26.2 Å². The lowest BCUT2D eigenvalue weighted by Gasteiger charge is -2.31. The molecular weight excluding hydrogens is 497 g/mol. The maximum Gasteiger partial charge on any atom is 0.244 e. The van der Waals surface area contributed by atoms with Crippen molar-refractivity contribution >= 4 is 62.3 Å². The van der Waals surface area contributed by atoms with E-state index in [2.05, 4.69) is 5.32 Å². The number of anilines is 1. The average Bonchev–Trinajstić information content (AvgIpc) is 2.72. The lowest BCUT2D eigenvalue weighted by Crippen LogP contribution is -2.51. The molecule has 0 radical (unpaired) electrons. The van der Waals surface area contributed by atoms with Gasteiger partial charge in [-0.25, -0.2) is 8.42 Å². The highest BCUT2D eigenvalue weighted by atomic mass is 35.5. The highest BCUT2D eigenvalue weighted by Gasteiger charge is 2.30. The molecule has 0 unspecified atom stereocenters. The minimum Gasteiger partial charge on any atom is -0.355 e. The van der Waals surface area contributed by atoms with E-state index >= 15 is 0 Å². The molecule has 1 atom stereocenters. The van der Waals surface area contributed by atoms with Crippen LogP contribution in [0.3, 0.4) is 0 Å². The van der Waals surface area contributed by atoms with Crippen molar-refractivity contribution in [3.8, 4) is 0 Å². The first-order chi connectivity index (χ1) is 14.9. The van der Waals surface area contributed by atoms with Crippen molar-refractivity contribution in [2.75, 3.05) is 23.7 Å². The summed E-state index contributed by atoms with van der Waals surface area (Å²) < 4.78 is 25.8. The van der Waals surface area contributed by atoms with Gasteiger partial charge in [0.15, 0.2) is 0 Å². The molecule has 0 aliphatic heterocycles. The lowest BCUT2D eigenvalue weighted by atomic mass is 10.1. The van der Waals surface area contributed by atoms with Crippen molar-refractivity contribution in [1.82, 2.24) is 10.2 Å². The largest absolute Gasteiger partial charge is 0.355 e. The van der Waals surface area contributed by atoms with Crippen LogP contribution in [0.15, 0.2) is 42.5 Å². The fourth-order valence-electron chi connectivity index (χ4n) is 2.96. The zero-order valence-corrected chi connectivity index (χ0v) is 20.9. The van der Waals surface area contributed by atoms with Gasteiger partial charge in [-0.05, 0) is 55.8 Å². The molecule has 2 aromatic carbocycles. The van der Waals surface area contributed by atoms with Crippen LogP contribution in [0.1, 0.15) is 19.4 Å². The number of nitrogens with one attached hydrogen (secondary N) is 1. The van der Waals surface area contributed by atoms with Gasteiger partial charge in [0.1, 0.15) is 12.6 Å². The molecule has 0 heterocycles. The SMILES string of the molecule is CCNC(=O)[C@H](C)N(Cc1ccc(Cl)c(Cl)c1)C(=O)CN(c1ccc(Cl)cc1)S(C)(=O)=O. The molecule has 0 aliphatic carbocycles. The third-order valence-electron chi connectivity index (χ3n) is 4.65. The number of hydrogen-bond acceptors (Lipinski definition) is 4. The van der Waals surface area contributed by atoms with E-state index < -0.39 is 28.5 Å². The Morgan fingerprint density at radius 2 is 1.66 bits per heavy atom. The summed E-state index contributed by atoms with van der Waals surface area (Å²) in [6.07, 6.45) is 1.01. The first kappa shape index (κ1) is 26.3. The van der Waals surface area contributed by atoms with E-state index in [0.29, 0.717) is 27.2 Å². The maximum atomic E-state index is 13.3. The molecule has 0 bridgehead atoms. The number of carbonyl (C=O) groups is 2. The fourth-order valence-corrected chi connectivity index (χ4v) is 4.26. The second kappa shape index (κ2) is 11.2. The van der Waals surface area contributed by atoms with Gasteiger partial charge in [0.05, 0.1) is 22.0 Å². The summed E-state index contributed by atoms with van der Waals surface area (Å²) in [6.45, 7) is 3.27. The Balaban J connectivity index is 2.39. The van der Waals surface area contributed by atoms with Crippen LogP contribution in [0.4, 0.5) is 5.69 Å². The number of amides is 2. The van der Waals surface area contributed by atoms with Crippen LogP contribution in [0.2, 0.25) is 15.1 Å². The highest BCUT2D eigenvalue weighted by molar-refractivity contribution is 7.92. The summed E-state index contributed by atoms with van der Waals surface area (Å²) in [7, 11) is -3.80. The minimum atomic E-state index is -3.80. The number of halogens is 3. The first-order valence-electron chi connectivity index (χ1n) is 9.68. The third kappa shape index (κ3) is 7.00. The van der Waals surface area contributed by atoms with E-state index in [-0.39, 0.29) is 18.1 Å². The summed E-state index contributed by atoms with van der Waals surface area (Å²) >= 11 is 18.0. The standard InChI is InChI=1S/C21H24Cl3N3O4S/c1-4-25-21(29)14(2)26(12-15-5-10-18(23)19(24)11-15)20(28)13-27(32(3,30)31)17-8-6-16(22)7-9-17/h5-11,14H,4,12-13H2,1-3H3,(H,25,29)/t14-/m0/s1. The van der Waals surface area contributed by atoms with Gasteiger partial charge in [-0.3, -0.25) is 13.9 Å². The topological polar surface area (TPSA) is 86.8 Å². The third-order valence-corrected chi connectivity index (χ3v) is 6.78. The lowest BCUT2D eigenvalue weighted by molar-refractivity contribution is -0.139. The molecular formula is C21H24Cl3N3O4S. The Kier molecular flexibility index (Phi) is 9.21. The van der Waals surface area contributed by atoms with Gasteiger partial charge >= 0.3 is 0 Å². The van der Waals surface area contributed by atoms with Crippen LogP contribution < -0.4 is 9.62 Å². The Bertz CT molecular complexity index is 1080. The average molecular weight is 521 g/mol. The van der Waals surface area contributed by atoms with Gasteiger partial charge in [0, 0.05) is 18.1 Å². The number of sulfonamides is 1. The van der Waals surface area contributed by atoms with E-state index in [1.165, 1.54) is 29.2 Å². The van der Waals surface area contributed by atoms with E-state index in [1.54, 1.807) is 32.0 Å². The number of likely N-dealkylation sites (N-methyl/N-ethyl adjacent to an activating group) is 1. The quantitative estimate of drug-likeness (QED) is 0.542. The number of carbonyl (C=O) groups excluding carboxylic acids is 2. The monoisotopic (exact) mass is 519 g/mol. The van der Waals surface area contributed by atoms with Crippen molar-refractivity contribution in [2.45, 2.75) is 26.4 Å². The number of hydrogen-bond donors (Lipinski definition) is 1. The molecule has 0 spiro atoms. The predicted molar refractivity (Wildman–Crippen MR) is 129 cm³/mol. The minimum absolute atomic E-state index is 0.0340. The molecule has 174 valence electrons. The highest BCUT2D eigenvalue weighted by Crippen LogP contribution is 2.25. The second-order valence-electron chi connectivity index (χ2n) is 7.09. The van der Waals surface area contributed by atoms with Crippen LogP contribution in [0, 0.1) is 0 Å². The van der Waals surface area contributed by atoms with E-state index in [4.69, 9.17) is 34.8 Å². The molecule has 1 N–H and O–H groups in total. The van der Waals surface area contributed by atoms with E-state index in [0.717, 1.165) is 10.6 Å².